The van der Waals surface area contributed by atoms with E-state index < -0.39 is 6.09 Å². The highest BCUT2D eigenvalue weighted by atomic mass is 16.5. The summed E-state index contributed by atoms with van der Waals surface area (Å²) in [5, 5.41) is 23.0. The van der Waals surface area contributed by atoms with Gasteiger partial charge in [0.05, 0.1) is 35.9 Å². The molecule has 0 fully saturated rings. The number of rotatable bonds is 6. The molecular weight excluding hydrogens is 470 g/mol. The van der Waals surface area contributed by atoms with Gasteiger partial charge in [0.25, 0.3) is 0 Å². The van der Waals surface area contributed by atoms with Crippen molar-refractivity contribution in [1.29, 1.82) is 0 Å². The molecule has 0 saturated carbocycles. The molecule has 0 spiro atoms. The van der Waals surface area contributed by atoms with Crippen molar-refractivity contribution in [1.82, 2.24) is 29.1 Å². The maximum Gasteiger partial charge on any atom is 0.416 e. The summed E-state index contributed by atoms with van der Waals surface area (Å²) in [5.41, 5.74) is 6.46. The van der Waals surface area contributed by atoms with Crippen LogP contribution in [0.5, 0.6) is 5.75 Å². The van der Waals surface area contributed by atoms with Gasteiger partial charge in [-0.05, 0) is 36.1 Å². The average molecular weight is 500 g/mol. The second kappa shape index (κ2) is 9.12. The van der Waals surface area contributed by atoms with Crippen molar-refractivity contribution >= 4 is 28.5 Å². The summed E-state index contributed by atoms with van der Waals surface area (Å²) < 4.78 is 10.4. The van der Waals surface area contributed by atoms with Gasteiger partial charge >= 0.3 is 6.09 Å². The topological polar surface area (TPSA) is 112 Å². The predicted molar refractivity (Wildman–Crippen MR) is 143 cm³/mol. The second-order valence-corrected chi connectivity index (χ2v) is 9.37. The number of nitrogens with one attached hydrogen (secondary N) is 1. The largest absolute Gasteiger partial charge is 0.495 e. The number of methoxy groups -OCH3 is 1. The molecule has 0 saturated heterocycles. The normalized spacial score (nSPS) is 11.4. The molecular formula is C27H29N7O3. The number of fused-ring (bicyclic) bond motifs is 1. The van der Waals surface area contributed by atoms with Gasteiger partial charge in [-0.15, -0.1) is 0 Å². The molecule has 4 heterocycles. The lowest BCUT2D eigenvalue weighted by molar-refractivity contribution is 0.198. The van der Waals surface area contributed by atoms with E-state index >= 15 is 0 Å². The SMILES string of the molecule is COc1cc(-c2cn(C)nc2C)ccc1Nc1cc2c(cn1)c(C(C)C)c(-c1cnn(C)c1)n2C(=O)O. The van der Waals surface area contributed by atoms with Gasteiger partial charge in [-0.25, -0.2) is 14.3 Å². The van der Waals surface area contributed by atoms with Crippen LogP contribution >= 0.6 is 0 Å². The molecule has 5 rings (SSSR count). The van der Waals surface area contributed by atoms with Gasteiger partial charge in [0.1, 0.15) is 11.6 Å². The fraction of sp³-hybridized carbons (Fsp3) is 0.259. The summed E-state index contributed by atoms with van der Waals surface area (Å²) in [6.45, 7) is 6.06. The molecule has 0 unspecified atom stereocenters. The van der Waals surface area contributed by atoms with Gasteiger partial charge in [0.2, 0.25) is 0 Å². The number of carbonyl (C=O) groups is 1. The van der Waals surface area contributed by atoms with Gasteiger partial charge in [0.15, 0.2) is 0 Å². The lowest BCUT2D eigenvalue weighted by Crippen LogP contribution is -2.10. The molecule has 190 valence electrons. The number of anilines is 2. The Morgan fingerprint density at radius 2 is 1.86 bits per heavy atom. The quantitative estimate of drug-likeness (QED) is 0.315. The molecule has 10 heteroatoms. The van der Waals surface area contributed by atoms with Gasteiger partial charge in [-0.1, -0.05) is 19.9 Å². The Morgan fingerprint density at radius 1 is 1.08 bits per heavy atom. The van der Waals surface area contributed by atoms with E-state index in [1.165, 1.54) is 4.57 Å². The van der Waals surface area contributed by atoms with Crippen molar-refractivity contribution in [2.45, 2.75) is 26.7 Å². The van der Waals surface area contributed by atoms with Crippen LogP contribution in [0.15, 0.2) is 49.1 Å². The fourth-order valence-electron chi connectivity index (χ4n) is 4.87. The smallest absolute Gasteiger partial charge is 0.416 e. The van der Waals surface area contributed by atoms with Crippen LogP contribution < -0.4 is 10.1 Å². The minimum Gasteiger partial charge on any atom is -0.495 e. The summed E-state index contributed by atoms with van der Waals surface area (Å²) in [6, 6.07) is 7.62. The summed E-state index contributed by atoms with van der Waals surface area (Å²) >= 11 is 0. The zero-order valence-electron chi connectivity index (χ0n) is 21.6. The van der Waals surface area contributed by atoms with E-state index in [2.05, 4.69) is 20.5 Å². The molecule has 5 aromatic rings. The molecule has 2 N–H and O–H groups in total. The molecule has 4 aromatic heterocycles. The number of nitrogens with zero attached hydrogens (tertiary/aromatic N) is 6. The second-order valence-electron chi connectivity index (χ2n) is 9.37. The van der Waals surface area contributed by atoms with E-state index in [1.54, 1.807) is 34.9 Å². The molecule has 10 nitrogen and oxygen atoms in total. The molecule has 1 aromatic carbocycles. The predicted octanol–water partition coefficient (Wildman–Crippen LogP) is 5.55. The maximum absolute atomic E-state index is 12.5. The van der Waals surface area contributed by atoms with Gasteiger partial charge in [-0.3, -0.25) is 9.36 Å². The van der Waals surface area contributed by atoms with Crippen LogP contribution in [0.2, 0.25) is 0 Å². The highest BCUT2D eigenvalue weighted by molar-refractivity contribution is 6.00. The van der Waals surface area contributed by atoms with E-state index in [4.69, 9.17) is 4.74 Å². The molecule has 0 bridgehead atoms. The van der Waals surface area contributed by atoms with Crippen molar-refractivity contribution in [2.24, 2.45) is 14.1 Å². The Kier molecular flexibility index (Phi) is 5.94. The zero-order chi connectivity index (χ0) is 26.4. The molecule has 37 heavy (non-hydrogen) atoms. The standard InChI is InChI=1S/C27H29N7O3/c1-15(2)25-19-12-28-24(10-22(19)34(27(35)36)26(25)18-11-29-32(4)13-18)30-21-8-7-17(9-23(21)37-6)20-14-33(5)31-16(20)3/h7-15H,1-6H3,(H,28,30)(H,35,36). The summed E-state index contributed by atoms with van der Waals surface area (Å²) in [4.78, 5) is 17.1. The fourth-order valence-corrected chi connectivity index (χ4v) is 4.87. The highest BCUT2D eigenvalue weighted by Gasteiger charge is 2.25. The number of carboxylic acid groups (broad SMARTS) is 1. The van der Waals surface area contributed by atoms with Gasteiger partial charge in [0, 0.05) is 55.3 Å². The molecule has 0 atom stereocenters. The molecule has 0 aliphatic rings. The third kappa shape index (κ3) is 4.20. The first-order valence-electron chi connectivity index (χ1n) is 11.9. The number of aromatic nitrogens is 6. The van der Waals surface area contributed by atoms with Crippen LogP contribution in [0.25, 0.3) is 33.3 Å². The molecule has 0 amide bonds. The first kappa shape index (κ1) is 24.1. The number of hydrogen-bond acceptors (Lipinski definition) is 6. The average Bonchev–Trinajstić information content (AvgIpc) is 3.53. The molecule has 0 aliphatic heterocycles. The van der Waals surface area contributed by atoms with E-state index in [-0.39, 0.29) is 5.92 Å². The van der Waals surface area contributed by atoms with E-state index in [0.717, 1.165) is 33.3 Å². The molecule has 0 radical (unpaired) electrons. The maximum atomic E-state index is 12.5. The first-order valence-corrected chi connectivity index (χ1v) is 11.9. The summed E-state index contributed by atoms with van der Waals surface area (Å²) in [6.07, 6.45) is 6.14. The summed E-state index contributed by atoms with van der Waals surface area (Å²) in [7, 11) is 5.31. The van der Waals surface area contributed by atoms with E-state index in [0.29, 0.717) is 28.5 Å². The van der Waals surface area contributed by atoms with Gasteiger partial charge < -0.3 is 15.2 Å². The number of aryl methyl sites for hydroxylation is 3. The number of pyridine rings is 1. The van der Waals surface area contributed by atoms with Crippen LogP contribution in [-0.2, 0) is 14.1 Å². The minimum atomic E-state index is -1.07. The molecule has 0 aliphatic carbocycles. The zero-order valence-corrected chi connectivity index (χ0v) is 21.6. The Morgan fingerprint density at radius 3 is 2.46 bits per heavy atom. The number of ether oxygens (including phenoxy) is 1. The lowest BCUT2D eigenvalue weighted by Gasteiger charge is -2.13. The third-order valence-corrected chi connectivity index (χ3v) is 6.43. The van der Waals surface area contributed by atoms with Gasteiger partial charge in [-0.2, -0.15) is 10.2 Å². The van der Waals surface area contributed by atoms with Crippen molar-refractivity contribution < 1.29 is 14.6 Å². The van der Waals surface area contributed by atoms with Crippen LogP contribution in [0, 0.1) is 6.92 Å². The van der Waals surface area contributed by atoms with Crippen LogP contribution in [0.4, 0.5) is 16.3 Å². The van der Waals surface area contributed by atoms with Crippen molar-refractivity contribution in [3.05, 3.63) is 60.3 Å². The first-order chi connectivity index (χ1) is 17.7. The number of benzene rings is 1. The monoisotopic (exact) mass is 499 g/mol. The van der Waals surface area contributed by atoms with Crippen LogP contribution in [0.3, 0.4) is 0 Å². The van der Waals surface area contributed by atoms with Crippen LogP contribution in [-0.4, -0.2) is 47.4 Å². The Bertz CT molecular complexity index is 1640. The highest BCUT2D eigenvalue weighted by Crippen LogP contribution is 2.39. The Labute approximate surface area is 214 Å². The number of hydrogen-bond donors (Lipinski definition) is 2. The van der Waals surface area contributed by atoms with Crippen LogP contribution in [0.1, 0.15) is 31.0 Å². The van der Waals surface area contributed by atoms with E-state index in [1.807, 2.05) is 65.5 Å². The lowest BCUT2D eigenvalue weighted by atomic mass is 9.98. The van der Waals surface area contributed by atoms with Crippen molar-refractivity contribution in [3.8, 4) is 28.1 Å². The van der Waals surface area contributed by atoms with Crippen molar-refractivity contribution in [3.63, 3.8) is 0 Å². The third-order valence-electron chi connectivity index (χ3n) is 6.43. The van der Waals surface area contributed by atoms with E-state index in [9.17, 15) is 9.90 Å². The minimum absolute atomic E-state index is 0.0717. The van der Waals surface area contributed by atoms with Crippen molar-refractivity contribution in [2.75, 3.05) is 12.4 Å². The Hall–Kier alpha value is -4.60. The summed E-state index contributed by atoms with van der Waals surface area (Å²) in [5.74, 6) is 1.21. The Balaban J connectivity index is 1.60.